The zero-order valence-electron chi connectivity index (χ0n) is 13.0. The average Bonchev–Trinajstić information content (AvgIpc) is 2.78. The first-order valence-electron chi connectivity index (χ1n) is 7.10. The number of nitrogens with one attached hydrogen (secondary N) is 2. The molecule has 0 spiro atoms. The highest BCUT2D eigenvalue weighted by Gasteiger charge is 2.07. The normalized spacial score (nSPS) is 10.3. The van der Waals surface area contributed by atoms with E-state index in [0.29, 0.717) is 24.2 Å². The number of hydrogen-bond donors (Lipinski definition) is 2. The van der Waals surface area contributed by atoms with Crippen LogP contribution in [0.15, 0.2) is 30.5 Å². The summed E-state index contributed by atoms with van der Waals surface area (Å²) in [5, 5.41) is 9.68. The Balaban J connectivity index is 1.86. The minimum absolute atomic E-state index is 0.0458. The molecular formula is C16H20N4O2. The minimum atomic E-state index is -0.122. The van der Waals surface area contributed by atoms with Crippen LogP contribution in [0.5, 0.6) is 0 Å². The van der Waals surface area contributed by atoms with Gasteiger partial charge in [0, 0.05) is 37.5 Å². The minimum Gasteiger partial charge on any atom is -0.326 e. The van der Waals surface area contributed by atoms with E-state index in [1.165, 1.54) is 6.92 Å². The fourth-order valence-electron chi connectivity index (χ4n) is 2.10. The molecule has 6 nitrogen and oxygen atoms in total. The summed E-state index contributed by atoms with van der Waals surface area (Å²) in [7, 11) is 1.88. The topological polar surface area (TPSA) is 76.0 Å². The molecule has 0 unspecified atom stereocenters. The van der Waals surface area contributed by atoms with Crippen molar-refractivity contribution >= 4 is 23.2 Å². The van der Waals surface area contributed by atoms with E-state index in [1.54, 1.807) is 35.1 Å². The van der Waals surface area contributed by atoms with Crippen LogP contribution in [0.1, 0.15) is 24.6 Å². The molecular weight excluding hydrogens is 280 g/mol. The van der Waals surface area contributed by atoms with Gasteiger partial charge in [0.15, 0.2) is 0 Å². The number of amides is 2. The molecule has 22 heavy (non-hydrogen) atoms. The Hall–Kier alpha value is -2.63. The first-order chi connectivity index (χ1) is 10.5. The summed E-state index contributed by atoms with van der Waals surface area (Å²) in [6, 6.07) is 7.03. The number of carbonyl (C=O) groups excluding carboxylic acids is 2. The van der Waals surface area contributed by atoms with Crippen LogP contribution in [0, 0.1) is 6.92 Å². The Labute approximate surface area is 129 Å². The third-order valence-corrected chi connectivity index (χ3v) is 3.45. The van der Waals surface area contributed by atoms with Gasteiger partial charge in [0.2, 0.25) is 11.8 Å². The largest absolute Gasteiger partial charge is 0.326 e. The summed E-state index contributed by atoms with van der Waals surface area (Å²) in [5.41, 5.74) is 3.57. The molecule has 0 aliphatic rings. The molecule has 116 valence electrons. The average molecular weight is 300 g/mol. The van der Waals surface area contributed by atoms with Crippen molar-refractivity contribution in [2.45, 2.75) is 26.7 Å². The Morgan fingerprint density at radius 3 is 2.23 bits per heavy atom. The molecule has 0 radical (unpaired) electrons. The first-order valence-corrected chi connectivity index (χ1v) is 7.10. The van der Waals surface area contributed by atoms with Crippen molar-refractivity contribution in [3.05, 3.63) is 41.7 Å². The van der Waals surface area contributed by atoms with E-state index in [9.17, 15) is 9.59 Å². The van der Waals surface area contributed by atoms with Crippen molar-refractivity contribution in [3.8, 4) is 0 Å². The Morgan fingerprint density at radius 1 is 1.14 bits per heavy atom. The molecule has 2 rings (SSSR count). The summed E-state index contributed by atoms with van der Waals surface area (Å²) in [4.78, 5) is 22.9. The monoisotopic (exact) mass is 300 g/mol. The van der Waals surface area contributed by atoms with Crippen molar-refractivity contribution in [2.75, 3.05) is 10.6 Å². The van der Waals surface area contributed by atoms with Crippen LogP contribution in [-0.2, 0) is 23.1 Å². The number of aromatic nitrogens is 2. The third kappa shape index (κ3) is 4.18. The van der Waals surface area contributed by atoms with Gasteiger partial charge in [-0.1, -0.05) is 0 Å². The van der Waals surface area contributed by atoms with Crippen LogP contribution < -0.4 is 10.6 Å². The van der Waals surface area contributed by atoms with E-state index < -0.39 is 0 Å². The van der Waals surface area contributed by atoms with Gasteiger partial charge in [0.05, 0.1) is 6.20 Å². The van der Waals surface area contributed by atoms with Crippen molar-refractivity contribution in [2.24, 2.45) is 7.05 Å². The van der Waals surface area contributed by atoms with Gasteiger partial charge in [-0.2, -0.15) is 5.10 Å². The van der Waals surface area contributed by atoms with Gasteiger partial charge >= 0.3 is 0 Å². The molecule has 1 aromatic carbocycles. The second-order valence-corrected chi connectivity index (χ2v) is 5.19. The SMILES string of the molecule is CC(=O)Nc1ccc(NC(=O)CCc2cnn(C)c2C)cc1. The number of anilines is 2. The van der Waals surface area contributed by atoms with Crippen LogP contribution in [-0.4, -0.2) is 21.6 Å². The fraction of sp³-hybridized carbons (Fsp3) is 0.312. The van der Waals surface area contributed by atoms with Gasteiger partial charge in [-0.05, 0) is 43.2 Å². The maximum atomic E-state index is 12.0. The highest BCUT2D eigenvalue weighted by Crippen LogP contribution is 2.14. The molecule has 0 bridgehead atoms. The van der Waals surface area contributed by atoms with Crippen LogP contribution in [0.4, 0.5) is 11.4 Å². The summed E-state index contributed by atoms with van der Waals surface area (Å²) in [6.45, 7) is 3.44. The van der Waals surface area contributed by atoms with Crippen molar-refractivity contribution < 1.29 is 9.59 Å². The molecule has 6 heteroatoms. The smallest absolute Gasteiger partial charge is 0.224 e. The number of carbonyl (C=O) groups is 2. The maximum absolute atomic E-state index is 12.0. The molecule has 0 aliphatic carbocycles. The van der Waals surface area contributed by atoms with Gasteiger partial charge in [-0.25, -0.2) is 0 Å². The zero-order chi connectivity index (χ0) is 16.1. The standard InChI is InChI=1S/C16H20N4O2/c1-11-13(10-17-20(11)3)4-9-16(22)19-15-7-5-14(6-8-15)18-12(2)21/h5-8,10H,4,9H2,1-3H3,(H,18,21)(H,19,22). The van der Waals surface area contributed by atoms with Crippen LogP contribution in [0.2, 0.25) is 0 Å². The lowest BCUT2D eigenvalue weighted by Crippen LogP contribution is -2.12. The van der Waals surface area contributed by atoms with Gasteiger partial charge in [-0.3, -0.25) is 14.3 Å². The summed E-state index contributed by atoms with van der Waals surface area (Å²) < 4.78 is 1.80. The van der Waals surface area contributed by atoms with Crippen molar-refractivity contribution in [1.82, 2.24) is 9.78 Å². The molecule has 0 fully saturated rings. The molecule has 0 saturated carbocycles. The van der Waals surface area contributed by atoms with Crippen LogP contribution in [0.3, 0.4) is 0 Å². The fourth-order valence-corrected chi connectivity index (χ4v) is 2.10. The molecule has 0 saturated heterocycles. The quantitative estimate of drug-likeness (QED) is 0.889. The number of aryl methyl sites for hydroxylation is 2. The van der Waals surface area contributed by atoms with Gasteiger partial charge in [0.1, 0.15) is 0 Å². The first kappa shape index (κ1) is 15.8. The van der Waals surface area contributed by atoms with E-state index in [1.807, 2.05) is 14.0 Å². The lowest BCUT2D eigenvalue weighted by molar-refractivity contribution is -0.116. The van der Waals surface area contributed by atoms with Crippen LogP contribution in [0.25, 0.3) is 0 Å². The second-order valence-electron chi connectivity index (χ2n) is 5.19. The number of rotatable bonds is 5. The summed E-state index contributed by atoms with van der Waals surface area (Å²) in [5.74, 6) is -0.167. The predicted octanol–water partition coefficient (Wildman–Crippen LogP) is 2.26. The Morgan fingerprint density at radius 2 is 1.73 bits per heavy atom. The van der Waals surface area contributed by atoms with Gasteiger partial charge < -0.3 is 10.6 Å². The van der Waals surface area contributed by atoms with Gasteiger partial charge in [0.25, 0.3) is 0 Å². The van der Waals surface area contributed by atoms with Crippen LogP contribution >= 0.6 is 0 Å². The van der Waals surface area contributed by atoms with E-state index in [-0.39, 0.29) is 11.8 Å². The molecule has 0 aliphatic heterocycles. The lowest BCUT2D eigenvalue weighted by atomic mass is 10.1. The molecule has 1 aromatic heterocycles. The molecule has 2 N–H and O–H groups in total. The molecule has 2 aromatic rings. The lowest BCUT2D eigenvalue weighted by Gasteiger charge is -2.07. The maximum Gasteiger partial charge on any atom is 0.224 e. The zero-order valence-corrected chi connectivity index (χ0v) is 13.0. The number of benzene rings is 1. The third-order valence-electron chi connectivity index (χ3n) is 3.45. The highest BCUT2D eigenvalue weighted by atomic mass is 16.2. The van der Waals surface area contributed by atoms with Crippen molar-refractivity contribution in [3.63, 3.8) is 0 Å². The second kappa shape index (κ2) is 6.89. The molecule has 0 atom stereocenters. The van der Waals surface area contributed by atoms with E-state index in [4.69, 9.17) is 0 Å². The molecule has 2 amide bonds. The Bertz CT molecular complexity index is 674. The highest BCUT2D eigenvalue weighted by molar-refractivity contribution is 5.92. The summed E-state index contributed by atoms with van der Waals surface area (Å²) in [6.07, 6.45) is 2.86. The van der Waals surface area contributed by atoms with E-state index in [2.05, 4.69) is 15.7 Å². The number of nitrogens with zero attached hydrogens (tertiary/aromatic N) is 2. The van der Waals surface area contributed by atoms with E-state index in [0.717, 1.165) is 11.3 Å². The predicted molar refractivity (Wildman–Crippen MR) is 85.6 cm³/mol. The molecule has 1 heterocycles. The number of hydrogen-bond acceptors (Lipinski definition) is 3. The van der Waals surface area contributed by atoms with E-state index >= 15 is 0 Å². The Kier molecular flexibility index (Phi) is 4.93. The van der Waals surface area contributed by atoms with Gasteiger partial charge in [-0.15, -0.1) is 0 Å². The summed E-state index contributed by atoms with van der Waals surface area (Å²) >= 11 is 0. The van der Waals surface area contributed by atoms with Crippen molar-refractivity contribution in [1.29, 1.82) is 0 Å².